The number of urea groups is 1. The van der Waals surface area contributed by atoms with E-state index in [2.05, 4.69) is 17.1 Å². The highest BCUT2D eigenvalue weighted by Crippen LogP contribution is 2.32. The molecule has 0 radical (unpaired) electrons. The average Bonchev–Trinajstić information content (AvgIpc) is 2.83. The van der Waals surface area contributed by atoms with Gasteiger partial charge in [0.25, 0.3) is 0 Å². The number of anilines is 2. The number of benzene rings is 1. The Morgan fingerprint density at radius 3 is 2.67 bits per heavy atom. The van der Waals surface area contributed by atoms with Gasteiger partial charge in [0.05, 0.1) is 60.0 Å². The fraction of sp³-hybridized carbons (Fsp3) is 0.478. The van der Waals surface area contributed by atoms with E-state index in [9.17, 15) is 9.59 Å². The van der Waals surface area contributed by atoms with Crippen LogP contribution in [-0.4, -0.2) is 65.7 Å². The van der Waals surface area contributed by atoms with Gasteiger partial charge in [-0.2, -0.15) is 0 Å². The lowest BCUT2D eigenvalue weighted by atomic mass is 10.0. The predicted molar refractivity (Wildman–Crippen MR) is 135 cm³/mol. The van der Waals surface area contributed by atoms with E-state index in [1.807, 2.05) is 59.0 Å². The Morgan fingerprint density at radius 2 is 2.00 bits per heavy atom. The molecule has 1 N–H and O–H groups in total. The summed E-state index contributed by atoms with van der Waals surface area (Å²) in [5, 5.41) is 2.79. The van der Waals surface area contributed by atoms with E-state index in [0.29, 0.717) is 45.1 Å². The van der Waals surface area contributed by atoms with Gasteiger partial charge in [-0.1, -0.05) is 0 Å². The van der Waals surface area contributed by atoms with Gasteiger partial charge in [-0.15, -0.1) is 0 Å². The summed E-state index contributed by atoms with van der Waals surface area (Å²) in [6.45, 7) is 9.43. The summed E-state index contributed by atoms with van der Waals surface area (Å²) in [6, 6.07) is 7.71. The molecule has 1 atom stereocenters. The molecule has 1 saturated heterocycles. The van der Waals surface area contributed by atoms with Gasteiger partial charge in [0, 0.05) is 44.1 Å². The van der Waals surface area contributed by atoms with Gasteiger partial charge in [-0.25, -0.2) is 17.9 Å². The number of ether oxygens (including phenoxy) is 1. The van der Waals surface area contributed by atoms with E-state index >= 15 is 0 Å². The van der Waals surface area contributed by atoms with E-state index in [1.54, 1.807) is 10.0 Å². The quantitative estimate of drug-likeness (QED) is 0.454. The molecule has 3 heterocycles. The molecule has 0 bridgehead atoms. The number of hydrogen-bond donors (Lipinski definition) is 1. The minimum atomic E-state index is -0.158. The van der Waals surface area contributed by atoms with Crippen molar-refractivity contribution in [3.05, 3.63) is 35.5 Å². The Labute approximate surface area is 208 Å². The third-order valence-electron chi connectivity index (χ3n) is 5.98. The van der Waals surface area contributed by atoms with Crippen molar-refractivity contribution in [3.8, 4) is 11.4 Å². The number of fused-ring (bicyclic) bond motifs is 1. The third kappa shape index (κ3) is 5.06. The van der Waals surface area contributed by atoms with Crippen LogP contribution in [0, 0.1) is 0 Å². The SMILES string of the molecule is CCNC(=O)N(I)c1ccc(-c2nc3c(c(N4CCOCC4C)n2)CN(C(C)=O)CC3)cc1. The van der Waals surface area contributed by atoms with Crippen LogP contribution in [0.15, 0.2) is 24.3 Å². The Hall–Kier alpha value is -2.47. The Bertz CT molecular complexity index is 1030. The van der Waals surface area contributed by atoms with Gasteiger partial charge in [-0.05, 0) is 38.1 Å². The monoisotopic (exact) mass is 564 g/mol. The molecular formula is C23H29IN6O3. The van der Waals surface area contributed by atoms with Crippen molar-refractivity contribution >= 4 is 46.3 Å². The maximum absolute atomic E-state index is 12.1. The van der Waals surface area contributed by atoms with Crippen molar-refractivity contribution in [2.75, 3.05) is 40.9 Å². The molecule has 2 aliphatic heterocycles. The van der Waals surface area contributed by atoms with Crippen molar-refractivity contribution < 1.29 is 14.3 Å². The first-order valence-corrected chi connectivity index (χ1v) is 12.2. The minimum Gasteiger partial charge on any atom is -0.377 e. The maximum atomic E-state index is 12.1. The second-order valence-electron chi connectivity index (χ2n) is 8.27. The smallest absolute Gasteiger partial charge is 0.330 e. The molecular weight excluding hydrogens is 535 g/mol. The number of aromatic nitrogens is 2. The van der Waals surface area contributed by atoms with Crippen LogP contribution in [0.25, 0.3) is 11.4 Å². The van der Waals surface area contributed by atoms with Gasteiger partial charge in [0.1, 0.15) is 5.82 Å². The minimum absolute atomic E-state index is 0.0664. The van der Waals surface area contributed by atoms with E-state index in [0.717, 1.165) is 34.9 Å². The van der Waals surface area contributed by atoms with Crippen molar-refractivity contribution in [1.29, 1.82) is 0 Å². The molecule has 0 spiro atoms. The lowest BCUT2D eigenvalue weighted by molar-refractivity contribution is -0.129. The van der Waals surface area contributed by atoms with Crippen LogP contribution in [0.3, 0.4) is 0 Å². The molecule has 1 aromatic carbocycles. The first-order chi connectivity index (χ1) is 15.9. The highest BCUT2D eigenvalue weighted by atomic mass is 127. The van der Waals surface area contributed by atoms with Gasteiger partial charge in [-0.3, -0.25) is 4.79 Å². The Morgan fingerprint density at radius 1 is 1.24 bits per heavy atom. The molecule has 0 aliphatic carbocycles. The number of carbonyl (C=O) groups excluding carboxylic acids is 2. The molecule has 176 valence electrons. The Kier molecular flexibility index (Phi) is 7.32. The lowest BCUT2D eigenvalue weighted by Gasteiger charge is -2.38. The molecule has 2 aliphatic rings. The zero-order valence-electron chi connectivity index (χ0n) is 19.2. The number of halogens is 1. The van der Waals surface area contributed by atoms with E-state index in [-0.39, 0.29) is 18.0 Å². The molecule has 1 unspecified atom stereocenters. The van der Waals surface area contributed by atoms with Crippen LogP contribution in [-0.2, 0) is 22.5 Å². The number of nitrogens with one attached hydrogen (secondary N) is 1. The van der Waals surface area contributed by atoms with Crippen molar-refractivity contribution in [1.82, 2.24) is 20.2 Å². The molecule has 1 aromatic heterocycles. The number of hydrogen-bond acceptors (Lipinski definition) is 6. The molecule has 9 nitrogen and oxygen atoms in total. The highest BCUT2D eigenvalue weighted by Gasteiger charge is 2.29. The molecule has 0 saturated carbocycles. The molecule has 3 amide bonds. The second-order valence-corrected chi connectivity index (χ2v) is 9.23. The van der Waals surface area contributed by atoms with Crippen LogP contribution < -0.4 is 13.3 Å². The van der Waals surface area contributed by atoms with Gasteiger partial charge in [0.2, 0.25) is 5.91 Å². The van der Waals surface area contributed by atoms with E-state index in [1.165, 1.54) is 0 Å². The molecule has 2 aromatic rings. The molecule has 10 heteroatoms. The normalized spacial score (nSPS) is 18.0. The highest BCUT2D eigenvalue weighted by molar-refractivity contribution is 14.1. The number of rotatable bonds is 4. The fourth-order valence-corrected chi connectivity index (χ4v) is 4.65. The van der Waals surface area contributed by atoms with Gasteiger partial charge >= 0.3 is 6.03 Å². The van der Waals surface area contributed by atoms with Crippen molar-refractivity contribution in [3.63, 3.8) is 0 Å². The van der Waals surface area contributed by atoms with E-state index in [4.69, 9.17) is 14.7 Å². The van der Waals surface area contributed by atoms with Crippen LogP contribution in [0.4, 0.5) is 16.3 Å². The summed E-state index contributed by atoms with van der Waals surface area (Å²) in [7, 11) is 0. The maximum Gasteiger partial charge on any atom is 0.330 e. The summed E-state index contributed by atoms with van der Waals surface area (Å²) in [6.07, 6.45) is 0.701. The van der Waals surface area contributed by atoms with E-state index < -0.39 is 0 Å². The van der Waals surface area contributed by atoms with Gasteiger partial charge < -0.3 is 19.9 Å². The van der Waals surface area contributed by atoms with Crippen LogP contribution >= 0.6 is 22.9 Å². The first kappa shape index (κ1) is 23.7. The number of carbonyl (C=O) groups is 2. The molecule has 4 rings (SSSR count). The first-order valence-electron chi connectivity index (χ1n) is 11.2. The van der Waals surface area contributed by atoms with Crippen LogP contribution in [0.1, 0.15) is 32.0 Å². The van der Waals surface area contributed by atoms with Crippen molar-refractivity contribution in [2.24, 2.45) is 0 Å². The number of amides is 3. The lowest BCUT2D eigenvalue weighted by Crippen LogP contribution is -2.46. The Balaban J connectivity index is 1.70. The summed E-state index contributed by atoms with van der Waals surface area (Å²) in [4.78, 5) is 38.2. The predicted octanol–water partition coefficient (Wildman–Crippen LogP) is 3.16. The molecule has 1 fully saturated rings. The van der Waals surface area contributed by atoms with Gasteiger partial charge in [0.15, 0.2) is 5.82 Å². The number of nitrogens with zero attached hydrogens (tertiary/aromatic N) is 5. The standard InChI is InChI=1S/C23H29IN6O3/c1-4-25-23(32)30(24)18-7-5-17(6-8-18)21-26-20-9-10-28(16(3)31)13-19(20)22(27-21)29-11-12-33-14-15(29)2/h5-8,15H,4,9-14H2,1-3H3,(H,25,32). The topological polar surface area (TPSA) is 90.9 Å². The second kappa shape index (κ2) is 10.2. The largest absolute Gasteiger partial charge is 0.377 e. The number of morpholine rings is 1. The summed E-state index contributed by atoms with van der Waals surface area (Å²) < 4.78 is 7.19. The zero-order chi connectivity index (χ0) is 23.5. The molecule has 33 heavy (non-hydrogen) atoms. The van der Waals surface area contributed by atoms with Crippen LogP contribution in [0.2, 0.25) is 0 Å². The summed E-state index contributed by atoms with van der Waals surface area (Å²) >= 11 is 1.99. The summed E-state index contributed by atoms with van der Waals surface area (Å²) in [5.41, 5.74) is 3.69. The summed E-state index contributed by atoms with van der Waals surface area (Å²) in [5.74, 6) is 1.61. The zero-order valence-corrected chi connectivity index (χ0v) is 21.3. The van der Waals surface area contributed by atoms with Crippen molar-refractivity contribution in [2.45, 2.75) is 39.8 Å². The average molecular weight is 564 g/mol. The van der Waals surface area contributed by atoms with Crippen LogP contribution in [0.5, 0.6) is 0 Å². The fourth-order valence-electron chi connectivity index (χ4n) is 4.15. The third-order valence-corrected chi connectivity index (χ3v) is 6.98.